The molecular formula is C14H10ClFN2O2. The van der Waals surface area contributed by atoms with Crippen LogP contribution in [0.4, 0.5) is 10.2 Å². The fourth-order valence-electron chi connectivity index (χ4n) is 1.65. The maximum absolute atomic E-state index is 13.3. The number of halogens is 2. The number of carbonyl (C=O) groups excluding carboxylic acids is 1. The minimum absolute atomic E-state index is 0.0999. The van der Waals surface area contributed by atoms with E-state index in [-0.39, 0.29) is 16.4 Å². The van der Waals surface area contributed by atoms with E-state index in [0.717, 1.165) is 0 Å². The van der Waals surface area contributed by atoms with E-state index >= 15 is 0 Å². The van der Waals surface area contributed by atoms with Gasteiger partial charge in [0.05, 0.1) is 23.4 Å². The van der Waals surface area contributed by atoms with Crippen molar-refractivity contribution in [3.05, 3.63) is 46.7 Å². The van der Waals surface area contributed by atoms with Crippen molar-refractivity contribution >= 4 is 30.1 Å². The number of rotatable bonds is 3. The minimum Gasteiger partial charge on any atom is -0.465 e. The van der Waals surface area contributed by atoms with Gasteiger partial charge in [-0.25, -0.2) is 19.2 Å². The Bertz CT molecular complexity index is 689. The molecule has 1 heterocycles. The highest BCUT2D eigenvalue weighted by molar-refractivity contribution is 6.33. The van der Waals surface area contributed by atoms with Crippen LogP contribution < -0.4 is 0 Å². The zero-order valence-corrected chi connectivity index (χ0v) is 11.3. The van der Waals surface area contributed by atoms with Gasteiger partial charge in [0.1, 0.15) is 0 Å². The first-order valence-electron chi connectivity index (χ1n) is 5.58. The maximum Gasteiger partial charge on any atom is 0.339 e. The number of benzene rings is 1. The summed E-state index contributed by atoms with van der Waals surface area (Å²) in [5.74, 6) is -1.22. The number of hydrogen-bond donors (Lipinski definition) is 0. The van der Waals surface area contributed by atoms with Gasteiger partial charge in [-0.3, -0.25) is 0 Å². The van der Waals surface area contributed by atoms with Crippen molar-refractivity contribution in [1.29, 1.82) is 0 Å². The Kier molecular flexibility index (Phi) is 4.10. The van der Waals surface area contributed by atoms with Crippen molar-refractivity contribution in [2.75, 3.05) is 7.11 Å². The molecule has 0 saturated heterocycles. The lowest BCUT2D eigenvalue weighted by Gasteiger charge is -2.06. The molecule has 1 aromatic carbocycles. The molecule has 0 aliphatic heterocycles. The Balaban J connectivity index is 2.53. The minimum atomic E-state index is -0.564. The highest BCUT2D eigenvalue weighted by Gasteiger charge is 2.13. The van der Waals surface area contributed by atoms with Gasteiger partial charge in [0.2, 0.25) is 0 Å². The molecule has 1 aromatic heterocycles. The monoisotopic (exact) mass is 292 g/mol. The van der Waals surface area contributed by atoms with Crippen molar-refractivity contribution in [2.45, 2.75) is 0 Å². The molecule has 0 amide bonds. The van der Waals surface area contributed by atoms with Gasteiger partial charge >= 0.3 is 5.97 Å². The molecule has 102 valence electrons. The van der Waals surface area contributed by atoms with Gasteiger partial charge in [-0.2, -0.15) is 0 Å². The summed E-state index contributed by atoms with van der Waals surface area (Å²) in [5.41, 5.74) is 1.27. The molecule has 4 nitrogen and oxygen atoms in total. The van der Waals surface area contributed by atoms with Gasteiger partial charge in [0.15, 0.2) is 11.6 Å². The third-order valence-corrected chi connectivity index (χ3v) is 2.97. The maximum atomic E-state index is 13.3. The summed E-state index contributed by atoms with van der Waals surface area (Å²) in [4.78, 5) is 19.1. The van der Waals surface area contributed by atoms with Crippen molar-refractivity contribution in [3.8, 4) is 11.3 Å². The van der Waals surface area contributed by atoms with Crippen LogP contribution in [-0.4, -0.2) is 24.8 Å². The molecule has 0 aliphatic carbocycles. The molecule has 0 N–H and O–H groups in total. The van der Waals surface area contributed by atoms with Crippen LogP contribution in [0.3, 0.4) is 0 Å². The van der Waals surface area contributed by atoms with E-state index in [0.29, 0.717) is 11.3 Å². The smallest absolute Gasteiger partial charge is 0.339 e. The predicted molar refractivity (Wildman–Crippen MR) is 75.2 cm³/mol. The van der Waals surface area contributed by atoms with E-state index in [4.69, 9.17) is 11.6 Å². The second-order valence-corrected chi connectivity index (χ2v) is 4.25. The molecule has 0 bridgehead atoms. The number of nitrogens with zero attached hydrogens (tertiary/aromatic N) is 2. The van der Waals surface area contributed by atoms with Gasteiger partial charge in [0.25, 0.3) is 0 Å². The zero-order valence-electron chi connectivity index (χ0n) is 10.6. The Morgan fingerprint density at radius 1 is 1.40 bits per heavy atom. The number of aliphatic imine (C=N–C) groups is 1. The lowest BCUT2D eigenvalue weighted by Crippen LogP contribution is -2.02. The lowest BCUT2D eigenvalue weighted by atomic mass is 10.1. The first kappa shape index (κ1) is 14.1. The average molecular weight is 293 g/mol. The van der Waals surface area contributed by atoms with Crippen molar-refractivity contribution in [2.24, 2.45) is 4.99 Å². The highest BCUT2D eigenvalue weighted by Crippen LogP contribution is 2.26. The zero-order chi connectivity index (χ0) is 14.7. The molecule has 20 heavy (non-hydrogen) atoms. The summed E-state index contributed by atoms with van der Waals surface area (Å²) in [7, 11) is 1.27. The molecule has 2 aromatic rings. The topological polar surface area (TPSA) is 51.5 Å². The van der Waals surface area contributed by atoms with Gasteiger partial charge in [-0.15, -0.1) is 0 Å². The predicted octanol–water partition coefficient (Wildman–Crippen LogP) is 3.66. The highest BCUT2D eigenvalue weighted by atomic mass is 35.5. The Hall–Kier alpha value is -2.27. The normalized spacial score (nSPS) is 10.2. The quantitative estimate of drug-likeness (QED) is 0.641. The standard InChI is InChI=1S/C14H10ClFN2O2/c1-17-13-11(16)5-6-12(18-13)8-3-4-10(15)9(7-8)14(19)20-2/h3-7H,1H2,2H3. The molecule has 0 unspecified atom stereocenters. The van der Waals surface area contributed by atoms with Gasteiger partial charge < -0.3 is 4.74 Å². The van der Waals surface area contributed by atoms with Gasteiger partial charge in [-0.05, 0) is 31.0 Å². The second kappa shape index (κ2) is 5.79. The van der Waals surface area contributed by atoms with Crippen LogP contribution in [0.5, 0.6) is 0 Å². The van der Waals surface area contributed by atoms with Crippen molar-refractivity contribution in [1.82, 2.24) is 4.98 Å². The summed E-state index contributed by atoms with van der Waals surface area (Å²) in [5, 5.41) is 0.268. The van der Waals surface area contributed by atoms with E-state index in [2.05, 4.69) is 21.4 Å². The number of methoxy groups -OCH3 is 1. The van der Waals surface area contributed by atoms with E-state index in [1.165, 1.54) is 25.3 Å². The molecule has 0 fully saturated rings. The van der Waals surface area contributed by atoms with E-state index in [1.807, 2.05) is 0 Å². The van der Waals surface area contributed by atoms with Crippen LogP contribution in [0.1, 0.15) is 10.4 Å². The van der Waals surface area contributed by atoms with Crippen LogP contribution in [0.2, 0.25) is 5.02 Å². The molecular weight excluding hydrogens is 283 g/mol. The Labute approximate surface area is 119 Å². The molecule has 0 aliphatic rings. The van der Waals surface area contributed by atoms with E-state index in [9.17, 15) is 9.18 Å². The van der Waals surface area contributed by atoms with Crippen LogP contribution in [-0.2, 0) is 4.74 Å². The fourth-order valence-corrected chi connectivity index (χ4v) is 1.85. The number of hydrogen-bond acceptors (Lipinski definition) is 4. The largest absolute Gasteiger partial charge is 0.465 e. The SMILES string of the molecule is C=Nc1nc(-c2ccc(Cl)c(C(=O)OC)c2)ccc1F. The average Bonchev–Trinajstić information content (AvgIpc) is 2.47. The summed E-state index contributed by atoms with van der Waals surface area (Å²) in [6, 6.07) is 7.46. The van der Waals surface area contributed by atoms with E-state index < -0.39 is 11.8 Å². The van der Waals surface area contributed by atoms with Gasteiger partial charge in [0, 0.05) is 5.56 Å². The number of esters is 1. The first-order chi connectivity index (χ1) is 9.56. The number of ether oxygens (including phenoxy) is 1. The van der Waals surface area contributed by atoms with Crippen LogP contribution >= 0.6 is 11.6 Å². The van der Waals surface area contributed by atoms with Crippen LogP contribution in [0, 0.1) is 5.82 Å². The molecule has 2 rings (SSSR count). The van der Waals surface area contributed by atoms with Crippen molar-refractivity contribution < 1.29 is 13.9 Å². The summed E-state index contributed by atoms with van der Waals surface area (Å²) in [6.45, 7) is 3.25. The number of pyridine rings is 1. The van der Waals surface area contributed by atoms with Gasteiger partial charge in [-0.1, -0.05) is 17.7 Å². The third kappa shape index (κ3) is 2.67. The summed E-state index contributed by atoms with van der Waals surface area (Å²) < 4.78 is 18.0. The van der Waals surface area contributed by atoms with Crippen molar-refractivity contribution in [3.63, 3.8) is 0 Å². The number of aromatic nitrogens is 1. The van der Waals surface area contributed by atoms with E-state index in [1.54, 1.807) is 12.1 Å². The summed E-state index contributed by atoms with van der Waals surface area (Å²) >= 11 is 5.93. The molecule has 0 radical (unpaired) electrons. The Morgan fingerprint density at radius 2 is 2.15 bits per heavy atom. The Morgan fingerprint density at radius 3 is 2.80 bits per heavy atom. The molecule has 6 heteroatoms. The molecule has 0 saturated carbocycles. The third-order valence-electron chi connectivity index (χ3n) is 2.64. The number of carbonyl (C=O) groups is 1. The van der Waals surface area contributed by atoms with Crippen LogP contribution in [0.25, 0.3) is 11.3 Å². The lowest BCUT2D eigenvalue weighted by molar-refractivity contribution is 0.0601. The van der Waals surface area contributed by atoms with Crippen LogP contribution in [0.15, 0.2) is 35.3 Å². The second-order valence-electron chi connectivity index (χ2n) is 3.85. The fraction of sp³-hybridized carbons (Fsp3) is 0.0714. The molecule has 0 spiro atoms. The summed E-state index contributed by atoms with van der Waals surface area (Å²) in [6.07, 6.45) is 0. The molecule has 0 atom stereocenters. The first-order valence-corrected chi connectivity index (χ1v) is 5.96.